The highest BCUT2D eigenvalue weighted by Gasteiger charge is 2.22. The lowest BCUT2D eigenvalue weighted by Crippen LogP contribution is -2.10. The lowest BCUT2D eigenvalue weighted by atomic mass is 9.98. The molecule has 31 heavy (non-hydrogen) atoms. The number of primary amides is 1. The molecule has 0 radical (unpaired) electrons. The van der Waals surface area contributed by atoms with Crippen LogP contribution in [0.3, 0.4) is 0 Å². The lowest BCUT2D eigenvalue weighted by Gasteiger charge is -2.15. The number of amides is 1. The number of carbonyl (C=O) groups is 1. The Kier molecular flexibility index (Phi) is 5.39. The molecule has 4 N–H and O–H groups in total. The third kappa shape index (κ3) is 3.51. The quantitative estimate of drug-likeness (QED) is 0.466. The van der Waals surface area contributed by atoms with Crippen LogP contribution in [-0.2, 0) is 0 Å². The van der Waals surface area contributed by atoms with E-state index in [1.54, 1.807) is 21.3 Å². The van der Waals surface area contributed by atoms with Gasteiger partial charge in [0.1, 0.15) is 9.71 Å². The van der Waals surface area contributed by atoms with Crippen LogP contribution in [0, 0.1) is 0 Å². The Morgan fingerprint density at radius 2 is 1.58 bits per heavy atom. The van der Waals surface area contributed by atoms with Crippen molar-refractivity contribution in [2.75, 3.05) is 27.1 Å². The number of pyridine rings is 1. The maximum atomic E-state index is 11.9. The molecule has 2 aromatic heterocycles. The number of thiophene rings is 1. The number of aromatic nitrogens is 1. The Labute approximate surface area is 183 Å². The molecule has 2 aromatic carbocycles. The third-order valence-corrected chi connectivity index (χ3v) is 6.08. The zero-order valence-electron chi connectivity index (χ0n) is 17.3. The molecule has 0 unspecified atom stereocenters. The molecule has 0 aliphatic carbocycles. The molecule has 0 aliphatic heterocycles. The predicted octanol–water partition coefficient (Wildman–Crippen LogP) is 4.34. The van der Waals surface area contributed by atoms with E-state index in [0.29, 0.717) is 33.2 Å². The number of anilines is 1. The number of methoxy groups -OCH3 is 3. The second-order valence-electron chi connectivity index (χ2n) is 6.72. The zero-order chi connectivity index (χ0) is 22.1. The van der Waals surface area contributed by atoms with Crippen LogP contribution in [-0.4, -0.2) is 32.2 Å². The van der Waals surface area contributed by atoms with E-state index in [-0.39, 0.29) is 4.88 Å². The van der Waals surface area contributed by atoms with Gasteiger partial charge in [0, 0.05) is 10.9 Å². The molecule has 1 amide bonds. The van der Waals surface area contributed by atoms with Crippen LogP contribution in [0.25, 0.3) is 32.6 Å². The molecule has 0 bridgehead atoms. The summed E-state index contributed by atoms with van der Waals surface area (Å²) in [7, 11) is 4.67. The number of fused-ring (bicyclic) bond motifs is 1. The Bertz CT molecular complexity index is 1260. The van der Waals surface area contributed by atoms with Crippen molar-refractivity contribution in [2.45, 2.75) is 0 Å². The lowest BCUT2D eigenvalue weighted by molar-refractivity contribution is 0.100. The van der Waals surface area contributed by atoms with E-state index in [1.807, 2.05) is 48.5 Å². The predicted molar refractivity (Wildman–Crippen MR) is 123 cm³/mol. The summed E-state index contributed by atoms with van der Waals surface area (Å²) >= 11 is 1.18. The second kappa shape index (κ2) is 8.16. The van der Waals surface area contributed by atoms with E-state index in [0.717, 1.165) is 22.4 Å². The monoisotopic (exact) mass is 435 g/mol. The standard InChI is InChI=1S/C23H21N3O4S/c1-28-16-9-13(10-17(29-2)20(16)30-3)14-11-15(12-7-5-4-6-8-12)26-23-18(14)19(24)21(31-23)22(25)27/h4-11H,24H2,1-3H3,(H2,25,27). The molecule has 0 saturated carbocycles. The molecule has 158 valence electrons. The largest absolute Gasteiger partial charge is 0.493 e. The summed E-state index contributed by atoms with van der Waals surface area (Å²) in [5, 5.41) is 0.660. The number of benzene rings is 2. The molecule has 0 fully saturated rings. The van der Waals surface area contributed by atoms with Crippen LogP contribution < -0.4 is 25.7 Å². The van der Waals surface area contributed by atoms with Crippen molar-refractivity contribution < 1.29 is 19.0 Å². The minimum Gasteiger partial charge on any atom is -0.493 e. The van der Waals surface area contributed by atoms with Crippen molar-refractivity contribution >= 4 is 33.1 Å². The zero-order valence-corrected chi connectivity index (χ0v) is 18.1. The smallest absolute Gasteiger partial charge is 0.260 e. The molecule has 4 aromatic rings. The van der Waals surface area contributed by atoms with Crippen LogP contribution in [0.2, 0.25) is 0 Å². The summed E-state index contributed by atoms with van der Waals surface area (Å²) in [5.41, 5.74) is 15.4. The highest BCUT2D eigenvalue weighted by Crippen LogP contribution is 2.46. The Balaban J connectivity index is 2.08. The summed E-state index contributed by atoms with van der Waals surface area (Å²) < 4.78 is 16.5. The van der Waals surface area contributed by atoms with Gasteiger partial charge >= 0.3 is 0 Å². The number of carbonyl (C=O) groups excluding carboxylic acids is 1. The first-order valence-corrected chi connectivity index (χ1v) is 10.2. The van der Waals surface area contributed by atoms with Crippen LogP contribution in [0.1, 0.15) is 9.67 Å². The van der Waals surface area contributed by atoms with Crippen molar-refractivity contribution in [2.24, 2.45) is 5.73 Å². The van der Waals surface area contributed by atoms with Crippen molar-refractivity contribution in [3.63, 3.8) is 0 Å². The van der Waals surface area contributed by atoms with Crippen molar-refractivity contribution in [1.29, 1.82) is 0 Å². The number of nitrogens with two attached hydrogens (primary N) is 2. The molecule has 0 atom stereocenters. The van der Waals surface area contributed by atoms with Crippen LogP contribution in [0.5, 0.6) is 17.2 Å². The normalized spacial score (nSPS) is 10.8. The number of rotatable bonds is 6. The first kappa shape index (κ1) is 20.5. The van der Waals surface area contributed by atoms with E-state index in [1.165, 1.54) is 11.3 Å². The highest BCUT2D eigenvalue weighted by molar-refractivity contribution is 7.21. The molecular weight excluding hydrogens is 414 g/mol. The fourth-order valence-corrected chi connectivity index (χ4v) is 4.50. The summed E-state index contributed by atoms with van der Waals surface area (Å²) in [6.45, 7) is 0. The fraction of sp³-hybridized carbons (Fsp3) is 0.130. The van der Waals surface area contributed by atoms with Crippen LogP contribution >= 0.6 is 11.3 Å². The average molecular weight is 436 g/mol. The molecule has 8 heteroatoms. The molecule has 0 saturated heterocycles. The molecular formula is C23H21N3O4S. The van der Waals surface area contributed by atoms with Gasteiger partial charge in [-0.3, -0.25) is 4.79 Å². The summed E-state index contributed by atoms with van der Waals surface area (Å²) in [4.78, 5) is 17.6. The van der Waals surface area contributed by atoms with Gasteiger partial charge in [-0.15, -0.1) is 11.3 Å². The molecule has 7 nitrogen and oxygen atoms in total. The number of hydrogen-bond acceptors (Lipinski definition) is 7. The third-order valence-electron chi connectivity index (χ3n) is 4.97. The molecule has 2 heterocycles. The van der Waals surface area contributed by atoms with Gasteiger partial charge in [-0.2, -0.15) is 0 Å². The van der Waals surface area contributed by atoms with Gasteiger partial charge in [0.2, 0.25) is 5.75 Å². The Hall–Kier alpha value is -3.78. The highest BCUT2D eigenvalue weighted by atomic mass is 32.1. The van der Waals surface area contributed by atoms with E-state index >= 15 is 0 Å². The van der Waals surface area contributed by atoms with Gasteiger partial charge in [0.15, 0.2) is 11.5 Å². The van der Waals surface area contributed by atoms with Gasteiger partial charge in [-0.1, -0.05) is 30.3 Å². The van der Waals surface area contributed by atoms with Crippen molar-refractivity contribution in [1.82, 2.24) is 4.98 Å². The van der Waals surface area contributed by atoms with Crippen LogP contribution in [0.15, 0.2) is 48.5 Å². The second-order valence-corrected chi connectivity index (χ2v) is 7.72. The first-order chi connectivity index (χ1) is 15.0. The maximum absolute atomic E-state index is 11.9. The molecule has 4 rings (SSSR count). The van der Waals surface area contributed by atoms with E-state index in [9.17, 15) is 4.79 Å². The minimum atomic E-state index is -0.586. The fourth-order valence-electron chi connectivity index (χ4n) is 3.53. The van der Waals surface area contributed by atoms with E-state index < -0.39 is 5.91 Å². The Morgan fingerprint density at radius 1 is 0.935 bits per heavy atom. The number of nitrogens with zero attached hydrogens (tertiary/aromatic N) is 1. The topological polar surface area (TPSA) is 110 Å². The van der Waals surface area contributed by atoms with Crippen LogP contribution in [0.4, 0.5) is 5.69 Å². The maximum Gasteiger partial charge on any atom is 0.260 e. The van der Waals surface area contributed by atoms with Crippen molar-refractivity contribution in [3.05, 3.63) is 53.4 Å². The summed E-state index contributed by atoms with van der Waals surface area (Å²) in [6, 6.07) is 15.4. The SMILES string of the molecule is COc1cc(-c2cc(-c3ccccc3)nc3sc(C(N)=O)c(N)c23)cc(OC)c1OC. The average Bonchev–Trinajstić information content (AvgIpc) is 3.14. The van der Waals surface area contributed by atoms with Gasteiger partial charge in [0.25, 0.3) is 5.91 Å². The van der Waals surface area contributed by atoms with Gasteiger partial charge in [0.05, 0.1) is 32.7 Å². The Morgan fingerprint density at radius 3 is 2.13 bits per heavy atom. The van der Waals surface area contributed by atoms with Crippen molar-refractivity contribution in [3.8, 4) is 39.6 Å². The van der Waals surface area contributed by atoms with E-state index in [2.05, 4.69) is 0 Å². The number of ether oxygens (including phenoxy) is 3. The molecule has 0 spiro atoms. The van der Waals surface area contributed by atoms with Gasteiger partial charge in [-0.25, -0.2) is 4.98 Å². The summed E-state index contributed by atoms with van der Waals surface area (Å²) in [6.07, 6.45) is 0. The number of nitrogen functional groups attached to an aromatic ring is 1. The summed E-state index contributed by atoms with van der Waals surface area (Å²) in [5.74, 6) is 0.912. The van der Waals surface area contributed by atoms with Gasteiger partial charge in [-0.05, 0) is 29.3 Å². The first-order valence-electron chi connectivity index (χ1n) is 9.37. The van der Waals surface area contributed by atoms with Gasteiger partial charge < -0.3 is 25.7 Å². The molecule has 0 aliphatic rings. The number of hydrogen-bond donors (Lipinski definition) is 2. The van der Waals surface area contributed by atoms with E-state index in [4.69, 9.17) is 30.7 Å². The minimum absolute atomic E-state index is 0.279.